The maximum atomic E-state index is 5.66. The Hall–Kier alpha value is -1.28. The number of furan rings is 1. The first-order valence-electron chi connectivity index (χ1n) is 5.09. The number of nitrogens with two attached hydrogens (primary N) is 1. The zero-order chi connectivity index (χ0) is 9.54. The van der Waals surface area contributed by atoms with Gasteiger partial charge in [-0.2, -0.15) is 0 Å². The van der Waals surface area contributed by atoms with Gasteiger partial charge in [-0.3, -0.25) is 0 Å². The van der Waals surface area contributed by atoms with E-state index in [1.165, 1.54) is 23.8 Å². The van der Waals surface area contributed by atoms with Crippen molar-refractivity contribution in [2.75, 3.05) is 0 Å². The van der Waals surface area contributed by atoms with Crippen LogP contribution in [0.5, 0.6) is 0 Å². The lowest BCUT2D eigenvalue weighted by Crippen LogP contribution is -1.95. The van der Waals surface area contributed by atoms with Crippen molar-refractivity contribution < 1.29 is 4.42 Å². The Bertz CT molecular complexity index is 468. The van der Waals surface area contributed by atoms with E-state index in [4.69, 9.17) is 10.2 Å². The number of hydrogen-bond donors (Lipinski definition) is 1. The van der Waals surface area contributed by atoms with Crippen LogP contribution >= 0.6 is 0 Å². The molecule has 1 heterocycles. The van der Waals surface area contributed by atoms with E-state index >= 15 is 0 Å². The van der Waals surface area contributed by atoms with E-state index < -0.39 is 0 Å². The Morgan fingerprint density at radius 2 is 2.21 bits per heavy atom. The Balaban J connectivity index is 2.25. The maximum Gasteiger partial charge on any atom is 0.138 e. The second-order valence-corrected chi connectivity index (χ2v) is 3.96. The van der Waals surface area contributed by atoms with Gasteiger partial charge in [0.1, 0.15) is 5.58 Å². The molecule has 1 fully saturated rings. The first-order valence-corrected chi connectivity index (χ1v) is 5.09. The maximum absolute atomic E-state index is 5.66. The minimum Gasteiger partial charge on any atom is -0.464 e. The summed E-state index contributed by atoms with van der Waals surface area (Å²) in [5.74, 6) is 0.740. The minimum atomic E-state index is 0.551. The molecule has 0 bridgehead atoms. The Morgan fingerprint density at radius 1 is 1.36 bits per heavy atom. The van der Waals surface area contributed by atoms with Gasteiger partial charge < -0.3 is 10.2 Å². The number of hydrogen-bond acceptors (Lipinski definition) is 2. The molecule has 1 saturated carbocycles. The molecule has 2 N–H and O–H groups in total. The first-order chi connectivity index (χ1) is 6.90. The van der Waals surface area contributed by atoms with Gasteiger partial charge in [0.2, 0.25) is 0 Å². The van der Waals surface area contributed by atoms with Gasteiger partial charge in [-0.05, 0) is 18.8 Å². The smallest absolute Gasteiger partial charge is 0.138 e. The highest BCUT2D eigenvalue weighted by molar-refractivity contribution is 5.84. The predicted octanol–water partition coefficient (Wildman–Crippen LogP) is 2.77. The largest absolute Gasteiger partial charge is 0.464 e. The average molecular weight is 187 g/mol. The zero-order valence-electron chi connectivity index (χ0n) is 7.99. The van der Waals surface area contributed by atoms with E-state index in [2.05, 4.69) is 12.1 Å². The van der Waals surface area contributed by atoms with Crippen molar-refractivity contribution in [1.82, 2.24) is 0 Å². The van der Waals surface area contributed by atoms with E-state index in [9.17, 15) is 0 Å². The minimum absolute atomic E-state index is 0.551. The summed E-state index contributed by atoms with van der Waals surface area (Å²) in [7, 11) is 0. The van der Waals surface area contributed by atoms with Gasteiger partial charge in [0.05, 0.1) is 6.26 Å². The Labute approximate surface area is 82.7 Å². The van der Waals surface area contributed by atoms with Crippen molar-refractivity contribution in [2.45, 2.75) is 25.3 Å². The molecule has 0 unspecified atom stereocenters. The monoisotopic (exact) mass is 187 g/mol. The Morgan fingerprint density at radius 3 is 2.93 bits per heavy atom. The van der Waals surface area contributed by atoms with Gasteiger partial charge in [-0.1, -0.05) is 18.2 Å². The first kappa shape index (κ1) is 8.06. The van der Waals surface area contributed by atoms with Crippen molar-refractivity contribution in [3.05, 3.63) is 35.6 Å². The summed E-state index contributed by atoms with van der Waals surface area (Å²) in [6.07, 6.45) is 4.52. The summed E-state index contributed by atoms with van der Waals surface area (Å²) in [5.41, 5.74) is 9.12. The fourth-order valence-electron chi connectivity index (χ4n) is 2.01. The highest BCUT2D eigenvalue weighted by Gasteiger charge is 2.27. The lowest BCUT2D eigenvalue weighted by Gasteiger charge is -1.97. The van der Waals surface area contributed by atoms with Crippen molar-refractivity contribution in [2.24, 2.45) is 5.73 Å². The predicted molar refractivity (Wildman–Crippen MR) is 56.1 cm³/mol. The molecule has 0 amide bonds. The van der Waals surface area contributed by atoms with Gasteiger partial charge in [-0.15, -0.1) is 0 Å². The molecule has 2 heteroatoms. The fourth-order valence-corrected chi connectivity index (χ4v) is 2.01. The molecule has 0 spiro atoms. The zero-order valence-corrected chi connectivity index (χ0v) is 7.99. The summed E-state index contributed by atoms with van der Waals surface area (Å²) in [4.78, 5) is 0. The summed E-state index contributed by atoms with van der Waals surface area (Å²) in [6, 6.07) is 6.22. The number of para-hydroxylation sites is 1. The van der Waals surface area contributed by atoms with Crippen LogP contribution in [0.2, 0.25) is 0 Å². The van der Waals surface area contributed by atoms with Crippen LogP contribution in [0.3, 0.4) is 0 Å². The van der Waals surface area contributed by atoms with Gasteiger partial charge in [-0.25, -0.2) is 0 Å². The van der Waals surface area contributed by atoms with Gasteiger partial charge in [0.15, 0.2) is 0 Å². The molecule has 3 rings (SSSR count). The van der Waals surface area contributed by atoms with Crippen LogP contribution in [0.4, 0.5) is 0 Å². The molecule has 1 aromatic heterocycles. The summed E-state index contributed by atoms with van der Waals surface area (Å²) in [5, 5.41) is 1.26. The van der Waals surface area contributed by atoms with Crippen molar-refractivity contribution in [3.8, 4) is 0 Å². The van der Waals surface area contributed by atoms with E-state index in [1.807, 2.05) is 12.3 Å². The lowest BCUT2D eigenvalue weighted by atomic mass is 10.1. The SMILES string of the molecule is NCc1cccc2c(C3CC3)coc12. The molecule has 2 nitrogen and oxygen atoms in total. The van der Waals surface area contributed by atoms with Crippen LogP contribution in [-0.4, -0.2) is 0 Å². The highest BCUT2D eigenvalue weighted by Crippen LogP contribution is 2.44. The quantitative estimate of drug-likeness (QED) is 0.785. The molecule has 1 aliphatic carbocycles. The second kappa shape index (κ2) is 2.85. The van der Waals surface area contributed by atoms with Crippen LogP contribution in [0, 0.1) is 0 Å². The number of fused-ring (bicyclic) bond motifs is 1. The third kappa shape index (κ3) is 1.07. The van der Waals surface area contributed by atoms with Crippen LogP contribution in [0.25, 0.3) is 11.0 Å². The molecule has 72 valence electrons. The molecular weight excluding hydrogens is 174 g/mol. The summed E-state index contributed by atoms with van der Waals surface area (Å²) >= 11 is 0. The van der Waals surface area contributed by atoms with Crippen LogP contribution < -0.4 is 5.73 Å². The Kier molecular flexibility index (Phi) is 1.64. The summed E-state index contributed by atoms with van der Waals surface area (Å²) in [6.45, 7) is 0.551. The van der Waals surface area contributed by atoms with Crippen LogP contribution in [0.1, 0.15) is 29.9 Å². The molecule has 0 saturated heterocycles. The van der Waals surface area contributed by atoms with Gasteiger partial charge in [0, 0.05) is 23.1 Å². The third-order valence-corrected chi connectivity index (χ3v) is 2.95. The third-order valence-electron chi connectivity index (χ3n) is 2.95. The molecular formula is C12H13NO. The number of rotatable bonds is 2. The molecule has 0 aliphatic heterocycles. The summed E-state index contributed by atoms with van der Waals surface area (Å²) < 4.78 is 5.59. The topological polar surface area (TPSA) is 39.2 Å². The average Bonchev–Trinajstić information content (AvgIpc) is 2.97. The molecule has 14 heavy (non-hydrogen) atoms. The van der Waals surface area contributed by atoms with Crippen molar-refractivity contribution in [1.29, 1.82) is 0 Å². The fraction of sp³-hybridized carbons (Fsp3) is 0.333. The molecule has 2 aromatic rings. The standard InChI is InChI=1S/C12H13NO/c13-6-9-2-1-3-10-11(8-4-5-8)7-14-12(9)10/h1-3,7-8H,4-6,13H2. The molecule has 0 atom stereocenters. The van der Waals surface area contributed by atoms with E-state index in [0.717, 1.165) is 17.1 Å². The second-order valence-electron chi connectivity index (χ2n) is 3.96. The van der Waals surface area contributed by atoms with E-state index in [-0.39, 0.29) is 0 Å². The highest BCUT2D eigenvalue weighted by atomic mass is 16.3. The van der Waals surface area contributed by atoms with Crippen molar-refractivity contribution >= 4 is 11.0 Å². The van der Waals surface area contributed by atoms with E-state index in [1.54, 1.807) is 0 Å². The van der Waals surface area contributed by atoms with Gasteiger partial charge >= 0.3 is 0 Å². The van der Waals surface area contributed by atoms with Crippen molar-refractivity contribution in [3.63, 3.8) is 0 Å². The molecule has 1 aromatic carbocycles. The number of benzene rings is 1. The molecule has 1 aliphatic rings. The molecule has 0 radical (unpaired) electrons. The van der Waals surface area contributed by atoms with E-state index in [0.29, 0.717) is 6.54 Å². The van der Waals surface area contributed by atoms with Crippen LogP contribution in [0.15, 0.2) is 28.9 Å². The van der Waals surface area contributed by atoms with Gasteiger partial charge in [0.25, 0.3) is 0 Å². The normalized spacial score (nSPS) is 16.4. The lowest BCUT2D eigenvalue weighted by molar-refractivity contribution is 0.606. The van der Waals surface area contributed by atoms with Crippen LogP contribution in [-0.2, 0) is 6.54 Å².